The quantitative estimate of drug-likeness (QED) is 0.701. The SMILES string of the molecule is S=C(CCc1ccncc1)CCc1c[nH]c2ncccc12. The van der Waals surface area contributed by atoms with Crippen LogP contribution in [0.1, 0.15) is 24.0 Å². The van der Waals surface area contributed by atoms with Crippen LogP contribution in [0.4, 0.5) is 0 Å². The smallest absolute Gasteiger partial charge is 0.137 e. The highest BCUT2D eigenvalue weighted by Crippen LogP contribution is 2.18. The topological polar surface area (TPSA) is 41.6 Å². The highest BCUT2D eigenvalue weighted by Gasteiger charge is 2.05. The zero-order valence-corrected chi connectivity index (χ0v) is 12.6. The van der Waals surface area contributed by atoms with Crippen molar-refractivity contribution in [3.63, 3.8) is 0 Å². The monoisotopic (exact) mass is 295 g/mol. The fourth-order valence-corrected chi connectivity index (χ4v) is 2.66. The first-order chi connectivity index (χ1) is 10.3. The van der Waals surface area contributed by atoms with Gasteiger partial charge in [-0.25, -0.2) is 4.98 Å². The van der Waals surface area contributed by atoms with E-state index < -0.39 is 0 Å². The Bertz CT molecular complexity index is 734. The number of rotatable bonds is 6. The van der Waals surface area contributed by atoms with Crippen molar-refractivity contribution in [3.05, 3.63) is 60.2 Å². The molecule has 0 radical (unpaired) electrons. The van der Waals surface area contributed by atoms with Crippen LogP contribution in [-0.2, 0) is 12.8 Å². The van der Waals surface area contributed by atoms with Crippen molar-refractivity contribution in [3.8, 4) is 0 Å². The number of thiocarbonyl (C=S) groups is 1. The van der Waals surface area contributed by atoms with Gasteiger partial charge in [-0.3, -0.25) is 4.98 Å². The number of fused-ring (bicyclic) bond motifs is 1. The van der Waals surface area contributed by atoms with Crippen LogP contribution in [0, 0.1) is 0 Å². The zero-order chi connectivity index (χ0) is 14.5. The van der Waals surface area contributed by atoms with E-state index in [0.717, 1.165) is 36.2 Å². The van der Waals surface area contributed by atoms with Gasteiger partial charge in [0.1, 0.15) is 5.65 Å². The second-order valence-corrected chi connectivity index (χ2v) is 5.68. The number of hydrogen-bond donors (Lipinski definition) is 1. The molecule has 0 saturated heterocycles. The highest BCUT2D eigenvalue weighted by molar-refractivity contribution is 7.80. The average molecular weight is 295 g/mol. The van der Waals surface area contributed by atoms with Crippen LogP contribution in [0.3, 0.4) is 0 Å². The first-order valence-corrected chi connectivity index (χ1v) is 7.55. The van der Waals surface area contributed by atoms with Crippen LogP contribution in [-0.4, -0.2) is 19.8 Å². The Morgan fingerprint density at radius 1 is 1.05 bits per heavy atom. The molecule has 0 aliphatic heterocycles. The number of hydrogen-bond acceptors (Lipinski definition) is 3. The molecule has 3 aromatic heterocycles. The summed E-state index contributed by atoms with van der Waals surface area (Å²) in [6.07, 6.45) is 11.4. The molecule has 106 valence electrons. The van der Waals surface area contributed by atoms with E-state index in [1.54, 1.807) is 0 Å². The molecule has 0 amide bonds. The lowest BCUT2D eigenvalue weighted by atomic mass is 10.0. The van der Waals surface area contributed by atoms with Crippen molar-refractivity contribution in [1.29, 1.82) is 0 Å². The maximum absolute atomic E-state index is 5.51. The number of nitrogens with zero attached hydrogens (tertiary/aromatic N) is 2. The van der Waals surface area contributed by atoms with Crippen LogP contribution >= 0.6 is 12.2 Å². The Labute approximate surface area is 129 Å². The summed E-state index contributed by atoms with van der Waals surface area (Å²) in [7, 11) is 0. The van der Waals surface area contributed by atoms with Crippen molar-refractivity contribution in [2.45, 2.75) is 25.7 Å². The summed E-state index contributed by atoms with van der Waals surface area (Å²) in [5, 5.41) is 1.20. The molecular formula is C17H17N3S. The van der Waals surface area contributed by atoms with Crippen LogP contribution in [0.15, 0.2) is 49.1 Å². The van der Waals surface area contributed by atoms with Crippen LogP contribution in [0.25, 0.3) is 11.0 Å². The minimum Gasteiger partial charge on any atom is -0.346 e. The summed E-state index contributed by atoms with van der Waals surface area (Å²) in [5.74, 6) is 0. The lowest BCUT2D eigenvalue weighted by Crippen LogP contribution is -1.99. The molecular weight excluding hydrogens is 278 g/mol. The van der Waals surface area contributed by atoms with E-state index in [0.29, 0.717) is 0 Å². The zero-order valence-electron chi connectivity index (χ0n) is 11.7. The summed E-state index contributed by atoms with van der Waals surface area (Å²) in [6.45, 7) is 0. The molecule has 0 unspecified atom stereocenters. The van der Waals surface area contributed by atoms with Gasteiger partial charge >= 0.3 is 0 Å². The lowest BCUT2D eigenvalue weighted by Gasteiger charge is -2.04. The van der Waals surface area contributed by atoms with Crippen LogP contribution in [0.5, 0.6) is 0 Å². The Hall–Kier alpha value is -2.07. The van der Waals surface area contributed by atoms with Crippen molar-refractivity contribution < 1.29 is 0 Å². The fourth-order valence-electron chi connectivity index (χ4n) is 2.45. The number of H-pyrrole nitrogens is 1. The van der Waals surface area contributed by atoms with Gasteiger partial charge in [0, 0.05) is 30.2 Å². The first-order valence-electron chi connectivity index (χ1n) is 7.14. The Balaban J connectivity index is 1.54. The number of pyridine rings is 2. The van der Waals surface area contributed by atoms with Crippen molar-refractivity contribution >= 4 is 28.1 Å². The van der Waals surface area contributed by atoms with Gasteiger partial charge in [-0.15, -0.1) is 0 Å². The molecule has 0 spiro atoms. The molecule has 0 saturated carbocycles. The lowest BCUT2D eigenvalue weighted by molar-refractivity contribution is 0.977. The van der Waals surface area contributed by atoms with Gasteiger partial charge in [-0.2, -0.15) is 0 Å². The third-order valence-corrected chi connectivity index (χ3v) is 4.06. The second-order valence-electron chi connectivity index (χ2n) is 5.11. The van der Waals surface area contributed by atoms with E-state index >= 15 is 0 Å². The molecule has 0 aromatic carbocycles. The van der Waals surface area contributed by atoms with Gasteiger partial charge in [-0.05, 0) is 65.9 Å². The van der Waals surface area contributed by atoms with E-state index in [1.807, 2.05) is 43.0 Å². The Morgan fingerprint density at radius 2 is 1.86 bits per heavy atom. The molecule has 0 fully saturated rings. The van der Waals surface area contributed by atoms with E-state index in [9.17, 15) is 0 Å². The number of aromatic nitrogens is 3. The predicted molar refractivity (Wildman–Crippen MR) is 89.6 cm³/mol. The second kappa shape index (κ2) is 6.59. The molecule has 3 rings (SSSR count). The first kappa shape index (κ1) is 13.9. The van der Waals surface area contributed by atoms with Gasteiger partial charge in [0.2, 0.25) is 0 Å². The van der Waals surface area contributed by atoms with E-state index in [-0.39, 0.29) is 0 Å². The molecule has 3 aromatic rings. The van der Waals surface area contributed by atoms with Gasteiger partial charge in [0.25, 0.3) is 0 Å². The van der Waals surface area contributed by atoms with Crippen LogP contribution in [0.2, 0.25) is 0 Å². The average Bonchev–Trinajstić information content (AvgIpc) is 2.95. The summed E-state index contributed by atoms with van der Waals surface area (Å²) in [6, 6.07) is 8.18. The summed E-state index contributed by atoms with van der Waals surface area (Å²) >= 11 is 5.51. The standard InChI is InChI=1S/C17H17N3S/c21-15(5-3-13-7-10-18-11-8-13)6-4-14-12-20-17-16(14)2-1-9-19-17/h1-2,7-12H,3-6H2,(H,19,20). The van der Waals surface area contributed by atoms with E-state index in [4.69, 9.17) is 12.2 Å². The third kappa shape index (κ3) is 3.52. The van der Waals surface area contributed by atoms with Crippen molar-refractivity contribution in [2.75, 3.05) is 0 Å². The molecule has 0 aliphatic rings. The van der Waals surface area contributed by atoms with Crippen LogP contribution < -0.4 is 0 Å². The van der Waals surface area contributed by atoms with E-state index in [1.165, 1.54) is 16.5 Å². The van der Waals surface area contributed by atoms with Gasteiger partial charge < -0.3 is 4.98 Å². The molecule has 3 nitrogen and oxygen atoms in total. The van der Waals surface area contributed by atoms with Gasteiger partial charge in [-0.1, -0.05) is 12.2 Å². The minimum atomic E-state index is 0.947. The largest absolute Gasteiger partial charge is 0.346 e. The summed E-state index contributed by atoms with van der Waals surface area (Å²) in [5.41, 5.74) is 3.54. The molecule has 1 N–H and O–H groups in total. The molecule has 0 bridgehead atoms. The number of aromatic amines is 1. The molecule has 0 aliphatic carbocycles. The normalized spacial score (nSPS) is 10.9. The molecule has 0 atom stereocenters. The maximum Gasteiger partial charge on any atom is 0.137 e. The van der Waals surface area contributed by atoms with Gasteiger partial charge in [0.05, 0.1) is 0 Å². The van der Waals surface area contributed by atoms with Crippen molar-refractivity contribution in [1.82, 2.24) is 15.0 Å². The van der Waals surface area contributed by atoms with Crippen molar-refractivity contribution in [2.24, 2.45) is 0 Å². The Kier molecular flexibility index (Phi) is 4.36. The number of nitrogens with one attached hydrogen (secondary N) is 1. The molecule has 4 heteroatoms. The Morgan fingerprint density at radius 3 is 2.71 bits per heavy atom. The van der Waals surface area contributed by atoms with Gasteiger partial charge in [0.15, 0.2) is 0 Å². The maximum atomic E-state index is 5.51. The third-order valence-electron chi connectivity index (χ3n) is 3.65. The molecule has 3 heterocycles. The minimum absolute atomic E-state index is 0.947. The number of aryl methyl sites for hydroxylation is 2. The fraction of sp³-hybridized carbons (Fsp3) is 0.235. The highest BCUT2D eigenvalue weighted by atomic mass is 32.1. The molecule has 21 heavy (non-hydrogen) atoms. The van der Waals surface area contributed by atoms with E-state index in [2.05, 4.69) is 21.0 Å². The predicted octanol–water partition coefficient (Wildman–Crippen LogP) is 3.89. The summed E-state index contributed by atoms with van der Waals surface area (Å²) in [4.78, 5) is 12.7. The summed E-state index contributed by atoms with van der Waals surface area (Å²) < 4.78 is 0.